The Morgan fingerprint density at radius 3 is 2.74 bits per heavy atom. The van der Waals surface area contributed by atoms with E-state index in [2.05, 4.69) is 29.9 Å². The van der Waals surface area contributed by atoms with Crippen molar-refractivity contribution in [3.63, 3.8) is 0 Å². The van der Waals surface area contributed by atoms with Crippen molar-refractivity contribution in [2.45, 2.75) is 46.7 Å². The van der Waals surface area contributed by atoms with E-state index < -0.39 is 80.7 Å². The Kier molecular flexibility index (Phi) is 8.34. The summed E-state index contributed by atoms with van der Waals surface area (Å²) in [6, 6.07) is 0. The number of hydrogen-bond donors (Lipinski definition) is 6. The van der Waals surface area contributed by atoms with Crippen molar-refractivity contribution in [1.29, 1.82) is 0 Å². The van der Waals surface area contributed by atoms with Crippen LogP contribution in [-0.2, 0) is 39.4 Å². The minimum atomic E-state index is -4.23. The van der Waals surface area contributed by atoms with Gasteiger partial charge in [-0.05, 0) is 18.2 Å². The molecular formula is C22H26FN10O10P2S2+. The van der Waals surface area contributed by atoms with Crippen molar-refractivity contribution in [2.24, 2.45) is 0 Å². The Hall–Kier alpha value is -2.79. The number of aliphatic hydroxyl groups excluding tert-OH is 1. The van der Waals surface area contributed by atoms with Crippen LogP contribution in [0, 0.1) is 0 Å². The van der Waals surface area contributed by atoms with E-state index in [0.29, 0.717) is 11.2 Å². The fourth-order valence-corrected chi connectivity index (χ4v) is 9.49. The van der Waals surface area contributed by atoms with Crippen molar-refractivity contribution in [3.8, 4) is 0 Å². The molecule has 0 spiro atoms. The van der Waals surface area contributed by atoms with E-state index >= 15 is 0 Å². The van der Waals surface area contributed by atoms with Crippen LogP contribution in [0.5, 0.6) is 0 Å². The molecule has 3 saturated heterocycles. The lowest BCUT2D eigenvalue weighted by atomic mass is 10.0. The van der Waals surface area contributed by atoms with Crippen LogP contribution in [0.3, 0.4) is 0 Å². The zero-order valence-electron chi connectivity index (χ0n) is 23.7. The Morgan fingerprint density at radius 1 is 1.23 bits per heavy atom. The predicted octanol–water partition coefficient (Wildman–Crippen LogP) is -0.220. The molecule has 2 bridgehead atoms. The molecule has 47 heavy (non-hydrogen) atoms. The van der Waals surface area contributed by atoms with Gasteiger partial charge in [0.1, 0.15) is 30.0 Å². The highest BCUT2D eigenvalue weighted by Gasteiger charge is 2.67. The van der Waals surface area contributed by atoms with E-state index in [-0.39, 0.29) is 36.0 Å². The number of nitrogen functional groups attached to an aromatic ring is 2. The van der Waals surface area contributed by atoms with Crippen LogP contribution < -0.4 is 17.0 Å². The van der Waals surface area contributed by atoms with E-state index in [1.54, 1.807) is 0 Å². The van der Waals surface area contributed by atoms with Gasteiger partial charge in [0, 0.05) is 4.57 Å². The molecule has 20 nitrogen and oxygen atoms in total. The monoisotopic (exact) mass is 735 g/mol. The fourth-order valence-electron chi connectivity index (χ4n) is 5.95. The average molecular weight is 736 g/mol. The van der Waals surface area contributed by atoms with E-state index in [1.807, 2.05) is 0 Å². The Morgan fingerprint density at radius 2 is 2.00 bits per heavy atom. The van der Waals surface area contributed by atoms with Crippen molar-refractivity contribution < 1.29 is 46.9 Å². The van der Waals surface area contributed by atoms with Crippen molar-refractivity contribution in [3.05, 3.63) is 29.3 Å². The number of H-pyrrole nitrogens is 1. The number of aromatic amines is 1. The maximum absolute atomic E-state index is 14.3. The third-order valence-electron chi connectivity index (χ3n) is 8.10. The van der Waals surface area contributed by atoms with Gasteiger partial charge in [-0.25, -0.2) is 24.3 Å². The lowest BCUT2D eigenvalue weighted by Crippen LogP contribution is -2.45. The molecule has 4 aromatic rings. The summed E-state index contributed by atoms with van der Waals surface area (Å²) in [5.41, 5.74) is 10.1. The maximum atomic E-state index is 14.3. The molecule has 9 atom stereocenters. The molecule has 252 valence electrons. The largest absolute Gasteiger partial charge is 0.695 e. The zero-order valence-corrected chi connectivity index (χ0v) is 27.1. The number of fused-ring (bicyclic) bond motifs is 4. The SMILES string of the molecule is Nc1nc2c(ncn2[C@@H]2S[C@@](CO)(CF)C[C@H]2OP(O)(=S)OC[C@@]23CO[C@@H]([C@H](n4cnc5c(N)ncnc54)O2)[C@@H]3O[P+](=O)O)c(=O)[nH]1. The standard InChI is InChI=1S/C22H25FN10O10P2S2/c23-2-21(3-34)1-9(19(47-21)33-8-29-11-16(33)30-20(25)31-17(11)35)43-45(38,46)40-5-22-4-39-12(13(22)42-44(36)37)18(41-22)32-7-28-10-14(24)26-6-27-15(10)32/h6-9,12-13,18-19,34H,1-5H2,(H6-,24,25,26,27,30,31,35,36,37,38,46)/p+1/t9-,12-,13+,18-,19-,21-,22-,45?/m1/s1. The number of hydrogen-bond acceptors (Lipinski definition) is 17. The van der Waals surface area contributed by atoms with E-state index in [0.717, 1.165) is 11.8 Å². The molecule has 3 aliphatic rings. The number of rotatable bonds is 11. The van der Waals surface area contributed by atoms with Crippen LogP contribution in [0.25, 0.3) is 22.3 Å². The molecule has 0 radical (unpaired) electrons. The molecule has 3 aliphatic heterocycles. The Bertz CT molecular complexity index is 1980. The normalized spacial score (nSPS) is 32.0. The summed E-state index contributed by atoms with van der Waals surface area (Å²) in [6.45, 7) is -6.48. The van der Waals surface area contributed by atoms with Crippen molar-refractivity contribution in [1.82, 2.24) is 39.0 Å². The fraction of sp³-hybridized carbons (Fsp3) is 0.545. The van der Waals surface area contributed by atoms with E-state index in [4.69, 9.17) is 46.3 Å². The molecule has 0 saturated carbocycles. The third kappa shape index (κ3) is 5.63. The summed E-state index contributed by atoms with van der Waals surface area (Å²) in [7, 11) is -3.14. The molecule has 0 aromatic carbocycles. The number of imidazole rings is 2. The minimum Gasteiger partial charge on any atom is -0.395 e. The molecule has 7 rings (SSSR count). The number of aromatic nitrogens is 8. The lowest BCUT2D eigenvalue weighted by Gasteiger charge is -2.32. The maximum Gasteiger partial charge on any atom is 0.695 e. The van der Waals surface area contributed by atoms with Crippen LogP contribution in [0.4, 0.5) is 16.2 Å². The smallest absolute Gasteiger partial charge is 0.395 e. The quantitative estimate of drug-likeness (QED) is 0.109. The van der Waals surface area contributed by atoms with Gasteiger partial charge in [0.2, 0.25) is 5.95 Å². The molecule has 0 aliphatic carbocycles. The van der Waals surface area contributed by atoms with Crippen LogP contribution in [0.2, 0.25) is 0 Å². The molecule has 3 fully saturated rings. The second-order valence-corrected chi connectivity index (χ2v) is 16.1. The van der Waals surface area contributed by atoms with Crippen LogP contribution in [-0.4, -0.2) is 109 Å². The van der Waals surface area contributed by atoms with E-state index in [9.17, 15) is 28.6 Å². The molecule has 25 heteroatoms. The number of alkyl halides is 1. The number of thioether (sulfide) groups is 1. The molecular weight excluding hydrogens is 709 g/mol. The highest BCUT2D eigenvalue weighted by atomic mass is 32.5. The third-order valence-corrected chi connectivity index (χ3v) is 11.7. The van der Waals surface area contributed by atoms with Crippen molar-refractivity contribution in [2.75, 3.05) is 38.0 Å². The number of nitrogens with one attached hydrogen (secondary N) is 1. The topological polar surface area (TPSA) is 283 Å². The zero-order chi connectivity index (χ0) is 33.3. The van der Waals surface area contributed by atoms with Gasteiger partial charge in [-0.3, -0.25) is 18.9 Å². The van der Waals surface area contributed by atoms with Crippen LogP contribution in [0.15, 0.2) is 23.8 Å². The molecule has 0 amide bonds. The van der Waals surface area contributed by atoms with Gasteiger partial charge in [-0.1, -0.05) is 0 Å². The van der Waals surface area contributed by atoms with E-state index in [1.165, 1.54) is 28.1 Å². The number of halogens is 1. The van der Waals surface area contributed by atoms with Gasteiger partial charge in [0.05, 0.1) is 43.3 Å². The van der Waals surface area contributed by atoms with Crippen LogP contribution >= 0.6 is 26.7 Å². The first-order valence-corrected chi connectivity index (χ1v) is 18.3. The second-order valence-electron chi connectivity index (χ2n) is 11.0. The number of anilines is 2. The average Bonchev–Trinajstić information content (AvgIpc) is 3.84. The molecule has 8 N–H and O–H groups in total. The summed E-state index contributed by atoms with van der Waals surface area (Å²) in [4.78, 5) is 56.2. The summed E-state index contributed by atoms with van der Waals surface area (Å²) >= 11 is 6.34. The van der Waals surface area contributed by atoms with Gasteiger partial charge in [0.25, 0.3) is 5.56 Å². The highest BCUT2D eigenvalue weighted by molar-refractivity contribution is 8.07. The van der Waals surface area contributed by atoms with Gasteiger partial charge in [-0.15, -0.1) is 21.2 Å². The van der Waals surface area contributed by atoms with Crippen molar-refractivity contribution >= 4 is 72.6 Å². The first-order valence-electron chi connectivity index (χ1n) is 13.7. The molecule has 4 aromatic heterocycles. The second kappa shape index (κ2) is 12.0. The summed E-state index contributed by atoms with van der Waals surface area (Å²) in [5, 5.41) is 9.21. The van der Waals surface area contributed by atoms with Gasteiger partial charge in [-0.2, -0.15) is 4.98 Å². The molecule has 2 unspecified atom stereocenters. The minimum absolute atomic E-state index is 0.0455. The summed E-state index contributed by atoms with van der Waals surface area (Å²) in [6.07, 6.45) is -0.401. The van der Waals surface area contributed by atoms with Gasteiger partial charge >= 0.3 is 15.0 Å². The van der Waals surface area contributed by atoms with Gasteiger partial charge < -0.3 is 40.0 Å². The van der Waals surface area contributed by atoms with Gasteiger partial charge in [0.15, 0.2) is 40.6 Å². The lowest BCUT2D eigenvalue weighted by molar-refractivity contribution is -0.183. The first kappa shape index (κ1) is 32.7. The van der Waals surface area contributed by atoms with Crippen LogP contribution in [0.1, 0.15) is 18.0 Å². The predicted molar refractivity (Wildman–Crippen MR) is 164 cm³/mol. The number of nitrogens with zero attached hydrogens (tertiary/aromatic N) is 7. The first-order chi connectivity index (χ1) is 22.4. The molecule has 7 heterocycles. The summed E-state index contributed by atoms with van der Waals surface area (Å²) in [5.74, 6) is -0.0669. The highest BCUT2D eigenvalue weighted by Crippen LogP contribution is 2.58. The number of nitrogens with two attached hydrogens (primary N) is 2. The number of ether oxygens (including phenoxy) is 2. The summed E-state index contributed by atoms with van der Waals surface area (Å²) < 4.78 is 56.9. The Balaban J connectivity index is 1.15. The Labute approximate surface area is 272 Å². The number of aliphatic hydroxyl groups is 1.